The Labute approximate surface area is 55.3 Å². The van der Waals surface area contributed by atoms with Gasteiger partial charge in [-0.15, -0.1) is 0 Å². The van der Waals surface area contributed by atoms with Crippen LogP contribution in [0.5, 0.6) is 0 Å². The molecule has 0 unspecified atom stereocenters. The summed E-state index contributed by atoms with van der Waals surface area (Å²) in [5.74, 6) is 4.33. The molecule has 0 fully saturated rings. The van der Waals surface area contributed by atoms with Crippen LogP contribution in [-0.2, 0) is 0 Å². The summed E-state index contributed by atoms with van der Waals surface area (Å²) in [6, 6.07) is 0. The molecule has 0 heterocycles. The van der Waals surface area contributed by atoms with E-state index in [-0.39, 0.29) is 0 Å². The second kappa shape index (κ2) is 15.9. The van der Waals surface area contributed by atoms with Gasteiger partial charge in [0.05, 0.1) is 0 Å². The van der Waals surface area contributed by atoms with Crippen molar-refractivity contribution in [2.75, 3.05) is 0 Å². The van der Waals surface area contributed by atoms with E-state index in [0.29, 0.717) is 29.0 Å². The third-order valence-electron chi connectivity index (χ3n) is 0. The van der Waals surface area contributed by atoms with Crippen molar-refractivity contribution >= 4 is 43.8 Å². The third kappa shape index (κ3) is 43.9. The molecule has 0 N–H and O–H groups in total. The minimum absolute atomic E-state index is 0.306. The molecular formula is C2H8Ge2P2. The standard InChI is InChI=1S/2CH4GeP/c2*1-2-3/h2*3H,1H3. The average molecular weight is 239 g/mol. The fourth-order valence-corrected chi connectivity index (χ4v) is 0. The Hall–Kier alpha value is 1.69. The van der Waals surface area contributed by atoms with E-state index in [0.717, 1.165) is 0 Å². The third-order valence-corrected chi connectivity index (χ3v) is 0. The van der Waals surface area contributed by atoms with E-state index >= 15 is 0 Å². The Bertz CT molecular complexity index is 30.5. The van der Waals surface area contributed by atoms with Gasteiger partial charge in [0.25, 0.3) is 0 Å². The minimum atomic E-state index is 0.306. The summed E-state index contributed by atoms with van der Waals surface area (Å²) in [7, 11) is 6.62. The van der Waals surface area contributed by atoms with Crippen LogP contribution in [0.1, 0.15) is 0 Å². The molecule has 2 radical (unpaired) electrons. The van der Waals surface area contributed by atoms with Gasteiger partial charge < -0.3 is 0 Å². The molecule has 0 rings (SSSR count). The Balaban J connectivity index is 0. The zero-order chi connectivity index (χ0) is 5.41. The van der Waals surface area contributed by atoms with Crippen LogP contribution in [0.15, 0.2) is 0 Å². The predicted molar refractivity (Wildman–Crippen MR) is 39.9 cm³/mol. The van der Waals surface area contributed by atoms with Gasteiger partial charge in [0.15, 0.2) is 0 Å². The molecular weight excluding hydrogens is 231 g/mol. The van der Waals surface area contributed by atoms with Gasteiger partial charge in [0.1, 0.15) is 0 Å². The second-order valence-electron chi connectivity index (χ2n) is 0.500. The van der Waals surface area contributed by atoms with E-state index in [1.807, 2.05) is 0 Å². The van der Waals surface area contributed by atoms with Crippen molar-refractivity contribution in [2.45, 2.75) is 11.5 Å². The van der Waals surface area contributed by atoms with Gasteiger partial charge >= 0.3 is 55.3 Å². The first kappa shape index (κ1) is 10.6. The van der Waals surface area contributed by atoms with Gasteiger partial charge in [-0.3, -0.25) is 0 Å². The molecule has 0 bridgehead atoms. The fourth-order valence-electron chi connectivity index (χ4n) is 0. The summed E-state index contributed by atoms with van der Waals surface area (Å²) >= 11 is 0.611. The molecule has 0 saturated carbocycles. The van der Waals surface area contributed by atoms with Crippen LogP contribution < -0.4 is 0 Å². The van der Waals surface area contributed by atoms with Gasteiger partial charge in [0.2, 0.25) is 0 Å². The Morgan fingerprint density at radius 3 is 1.00 bits per heavy atom. The van der Waals surface area contributed by atoms with Crippen molar-refractivity contribution < 1.29 is 0 Å². The quantitative estimate of drug-likeness (QED) is 0.445. The van der Waals surface area contributed by atoms with Crippen LogP contribution in [0, 0.1) is 0 Å². The van der Waals surface area contributed by atoms with Crippen molar-refractivity contribution in [3.05, 3.63) is 0 Å². The van der Waals surface area contributed by atoms with Gasteiger partial charge in [0, 0.05) is 0 Å². The summed E-state index contributed by atoms with van der Waals surface area (Å²) in [6.45, 7) is 0. The number of rotatable bonds is 0. The molecule has 0 aromatic carbocycles. The number of hydrogen-bond donors (Lipinski definition) is 0. The van der Waals surface area contributed by atoms with Crippen molar-refractivity contribution in [3.63, 3.8) is 0 Å². The topological polar surface area (TPSA) is 0 Å². The molecule has 0 nitrogen and oxygen atoms in total. The van der Waals surface area contributed by atoms with Crippen molar-refractivity contribution in [1.82, 2.24) is 0 Å². The van der Waals surface area contributed by atoms with Crippen molar-refractivity contribution in [2.24, 2.45) is 0 Å². The van der Waals surface area contributed by atoms with E-state index in [1.54, 1.807) is 0 Å². The molecule has 0 saturated heterocycles. The van der Waals surface area contributed by atoms with Crippen LogP contribution in [0.25, 0.3) is 0 Å². The van der Waals surface area contributed by atoms with Crippen molar-refractivity contribution in [3.8, 4) is 0 Å². The normalized spacial score (nSPS) is 4.33. The van der Waals surface area contributed by atoms with Crippen LogP contribution in [0.4, 0.5) is 0 Å². The fraction of sp³-hybridized carbons (Fsp3) is 1.00. The van der Waals surface area contributed by atoms with Crippen LogP contribution in [-0.4, -0.2) is 29.0 Å². The molecule has 0 atom stereocenters. The number of hydrogen-bond acceptors (Lipinski definition) is 0. The van der Waals surface area contributed by atoms with Gasteiger partial charge in [-0.2, -0.15) is 0 Å². The van der Waals surface area contributed by atoms with E-state index in [1.165, 1.54) is 0 Å². The summed E-state index contributed by atoms with van der Waals surface area (Å²) in [5, 5.41) is 0. The molecule has 4 heteroatoms. The van der Waals surface area contributed by atoms with Gasteiger partial charge in [-0.05, 0) is 0 Å². The molecule has 0 amide bonds. The van der Waals surface area contributed by atoms with Crippen molar-refractivity contribution in [1.29, 1.82) is 0 Å². The summed E-state index contributed by atoms with van der Waals surface area (Å²) in [5.41, 5.74) is 0. The Morgan fingerprint density at radius 2 is 1.00 bits per heavy atom. The Kier molecular flexibility index (Phi) is 28.2. The molecule has 0 aliphatic rings. The zero-order valence-electron chi connectivity index (χ0n) is 4.00. The molecule has 0 aromatic rings. The average Bonchev–Trinajstić information content (AvgIpc) is 1.39. The first-order valence-electron chi connectivity index (χ1n) is 1.50. The predicted octanol–water partition coefficient (Wildman–Crippen LogP) is 1.59. The SMILES string of the molecule is [CH3][Ge]=[PH].[CH3][Ge]=[PH]. The van der Waals surface area contributed by atoms with Gasteiger partial charge in [-0.1, -0.05) is 0 Å². The van der Waals surface area contributed by atoms with Crippen LogP contribution >= 0.6 is 14.8 Å². The van der Waals surface area contributed by atoms with E-state index in [2.05, 4.69) is 26.3 Å². The molecule has 0 spiro atoms. The van der Waals surface area contributed by atoms with Gasteiger partial charge in [-0.25, -0.2) is 0 Å². The first-order chi connectivity index (χ1) is 2.83. The molecule has 0 aliphatic carbocycles. The second-order valence-corrected chi connectivity index (χ2v) is 7.79. The molecule has 0 aliphatic heterocycles. The zero-order valence-corrected chi connectivity index (χ0v) is 10.2. The van der Waals surface area contributed by atoms with E-state index < -0.39 is 0 Å². The maximum absolute atomic E-state index is 3.31. The maximum atomic E-state index is 3.31. The molecule has 0 aromatic heterocycles. The van der Waals surface area contributed by atoms with E-state index in [9.17, 15) is 0 Å². The Morgan fingerprint density at radius 1 is 1.00 bits per heavy atom. The van der Waals surface area contributed by atoms with Crippen LogP contribution in [0.3, 0.4) is 0 Å². The summed E-state index contributed by atoms with van der Waals surface area (Å²) in [4.78, 5) is 0. The monoisotopic (exact) mass is 242 g/mol. The molecule has 34 valence electrons. The first-order valence-corrected chi connectivity index (χ1v) is 13.0. The van der Waals surface area contributed by atoms with Crippen LogP contribution in [0.2, 0.25) is 11.5 Å². The molecule has 6 heavy (non-hydrogen) atoms. The summed E-state index contributed by atoms with van der Waals surface area (Å²) < 4.78 is 0. The van der Waals surface area contributed by atoms with E-state index in [4.69, 9.17) is 0 Å². The summed E-state index contributed by atoms with van der Waals surface area (Å²) in [6.07, 6.45) is 0.